The Morgan fingerprint density at radius 1 is 1.33 bits per heavy atom. The van der Waals surface area contributed by atoms with Gasteiger partial charge in [0.15, 0.2) is 17.4 Å². The SMILES string of the molecule is CC1CN(C(=O)c2cc(F)c(F)c(O)c2F)C(C)CN1.Cl. The zero-order valence-corrected chi connectivity index (χ0v) is 12.3. The number of piperazine rings is 1. The van der Waals surface area contributed by atoms with Gasteiger partial charge < -0.3 is 15.3 Å². The van der Waals surface area contributed by atoms with Gasteiger partial charge in [-0.3, -0.25) is 4.79 Å². The molecule has 118 valence electrons. The van der Waals surface area contributed by atoms with Gasteiger partial charge in [0.05, 0.1) is 5.56 Å². The van der Waals surface area contributed by atoms with Crippen LogP contribution in [0.3, 0.4) is 0 Å². The summed E-state index contributed by atoms with van der Waals surface area (Å²) < 4.78 is 40.0. The van der Waals surface area contributed by atoms with E-state index < -0.39 is 34.7 Å². The third-order valence-electron chi connectivity index (χ3n) is 3.39. The molecule has 1 aliphatic heterocycles. The van der Waals surface area contributed by atoms with Gasteiger partial charge in [-0.05, 0) is 19.9 Å². The van der Waals surface area contributed by atoms with E-state index in [1.165, 1.54) is 4.90 Å². The third kappa shape index (κ3) is 3.24. The van der Waals surface area contributed by atoms with Gasteiger partial charge in [0, 0.05) is 25.2 Å². The Balaban J connectivity index is 0.00000220. The highest BCUT2D eigenvalue weighted by Gasteiger charge is 2.31. The van der Waals surface area contributed by atoms with Crippen molar-refractivity contribution in [1.29, 1.82) is 0 Å². The quantitative estimate of drug-likeness (QED) is 0.777. The highest BCUT2D eigenvalue weighted by molar-refractivity contribution is 5.95. The number of hydrogen-bond acceptors (Lipinski definition) is 3. The largest absolute Gasteiger partial charge is 0.503 e. The molecule has 1 aromatic carbocycles. The van der Waals surface area contributed by atoms with E-state index in [1.54, 1.807) is 6.92 Å². The molecule has 2 rings (SSSR count). The monoisotopic (exact) mass is 324 g/mol. The van der Waals surface area contributed by atoms with Crippen molar-refractivity contribution in [2.45, 2.75) is 25.9 Å². The number of halogens is 4. The Kier molecular flexibility index (Phi) is 5.47. The molecule has 2 N–H and O–H groups in total. The molecule has 1 aliphatic rings. The molecule has 0 radical (unpaired) electrons. The van der Waals surface area contributed by atoms with Crippen LogP contribution >= 0.6 is 12.4 Å². The first kappa shape index (κ1) is 17.6. The van der Waals surface area contributed by atoms with E-state index >= 15 is 0 Å². The summed E-state index contributed by atoms with van der Waals surface area (Å²) in [4.78, 5) is 13.6. The van der Waals surface area contributed by atoms with E-state index in [1.807, 2.05) is 6.92 Å². The number of phenols is 1. The summed E-state index contributed by atoms with van der Waals surface area (Å²) in [7, 11) is 0. The van der Waals surface area contributed by atoms with Crippen molar-refractivity contribution in [3.63, 3.8) is 0 Å². The number of nitrogens with one attached hydrogen (secondary N) is 1. The molecule has 0 bridgehead atoms. The molecule has 2 unspecified atom stereocenters. The third-order valence-corrected chi connectivity index (χ3v) is 3.39. The summed E-state index contributed by atoms with van der Waals surface area (Å²) >= 11 is 0. The second kappa shape index (κ2) is 6.53. The van der Waals surface area contributed by atoms with Crippen LogP contribution in [0.2, 0.25) is 0 Å². The second-order valence-corrected chi connectivity index (χ2v) is 5.00. The minimum absolute atomic E-state index is 0. The first-order valence-electron chi connectivity index (χ1n) is 6.23. The molecule has 2 atom stereocenters. The number of carbonyl (C=O) groups is 1. The molecule has 0 saturated carbocycles. The highest BCUT2D eigenvalue weighted by atomic mass is 35.5. The van der Waals surface area contributed by atoms with Crippen LogP contribution < -0.4 is 5.32 Å². The van der Waals surface area contributed by atoms with Crippen LogP contribution in [0.1, 0.15) is 24.2 Å². The zero-order chi connectivity index (χ0) is 15.0. The van der Waals surface area contributed by atoms with Gasteiger partial charge in [-0.1, -0.05) is 0 Å². The maximum Gasteiger partial charge on any atom is 0.257 e. The molecule has 1 heterocycles. The molecule has 0 aliphatic carbocycles. The summed E-state index contributed by atoms with van der Waals surface area (Å²) in [6, 6.07) is 0.275. The standard InChI is InChI=1S/C13H15F3N2O2.ClH/c1-6-5-18(7(2)4-17-6)13(20)8-3-9(14)11(16)12(19)10(8)15;/h3,6-7,17,19H,4-5H2,1-2H3;1H. The van der Waals surface area contributed by atoms with E-state index in [9.17, 15) is 18.0 Å². The molecule has 4 nitrogen and oxygen atoms in total. The molecule has 21 heavy (non-hydrogen) atoms. The number of hydrogen-bond donors (Lipinski definition) is 2. The molecule has 1 amide bonds. The lowest BCUT2D eigenvalue weighted by Gasteiger charge is -2.37. The number of amides is 1. The van der Waals surface area contributed by atoms with Crippen molar-refractivity contribution in [3.05, 3.63) is 29.1 Å². The van der Waals surface area contributed by atoms with Gasteiger partial charge in [-0.2, -0.15) is 4.39 Å². The lowest BCUT2D eigenvalue weighted by molar-refractivity contribution is 0.0609. The number of benzene rings is 1. The number of carbonyl (C=O) groups excluding carboxylic acids is 1. The van der Waals surface area contributed by atoms with E-state index in [0.29, 0.717) is 19.2 Å². The average Bonchev–Trinajstić information content (AvgIpc) is 2.42. The van der Waals surface area contributed by atoms with Gasteiger partial charge in [0.25, 0.3) is 5.91 Å². The van der Waals surface area contributed by atoms with Crippen LogP contribution in [0.25, 0.3) is 0 Å². The number of rotatable bonds is 1. The predicted octanol–water partition coefficient (Wildman–Crippen LogP) is 2.05. The Morgan fingerprint density at radius 3 is 2.57 bits per heavy atom. The van der Waals surface area contributed by atoms with Crippen molar-refractivity contribution < 1.29 is 23.1 Å². The molecule has 0 spiro atoms. The fourth-order valence-electron chi connectivity index (χ4n) is 2.21. The molecule has 1 fully saturated rings. The van der Waals surface area contributed by atoms with Crippen LogP contribution in [0, 0.1) is 17.5 Å². The first-order chi connectivity index (χ1) is 9.32. The average molecular weight is 325 g/mol. The minimum Gasteiger partial charge on any atom is -0.503 e. The van der Waals surface area contributed by atoms with E-state index in [-0.39, 0.29) is 24.5 Å². The summed E-state index contributed by atoms with van der Waals surface area (Å²) in [5, 5.41) is 12.3. The van der Waals surface area contributed by atoms with Crippen molar-refractivity contribution in [2.24, 2.45) is 0 Å². The maximum atomic E-state index is 13.8. The fourth-order valence-corrected chi connectivity index (χ4v) is 2.21. The second-order valence-electron chi connectivity index (χ2n) is 5.00. The van der Waals surface area contributed by atoms with Crippen molar-refractivity contribution >= 4 is 18.3 Å². The van der Waals surface area contributed by atoms with E-state index in [4.69, 9.17) is 5.11 Å². The summed E-state index contributed by atoms with van der Waals surface area (Å²) in [5.74, 6) is -6.82. The first-order valence-corrected chi connectivity index (χ1v) is 6.23. The van der Waals surface area contributed by atoms with Crippen molar-refractivity contribution in [3.8, 4) is 5.75 Å². The maximum absolute atomic E-state index is 13.8. The molecule has 1 aromatic rings. The molecular weight excluding hydrogens is 309 g/mol. The summed E-state index contributed by atoms with van der Waals surface area (Å²) in [6.07, 6.45) is 0. The normalized spacial score (nSPS) is 21.9. The van der Waals surface area contributed by atoms with Gasteiger partial charge >= 0.3 is 0 Å². The number of nitrogens with zero attached hydrogens (tertiary/aromatic N) is 1. The summed E-state index contributed by atoms with van der Waals surface area (Å²) in [5.41, 5.74) is -0.664. The van der Waals surface area contributed by atoms with Crippen molar-refractivity contribution in [1.82, 2.24) is 10.2 Å². The molecular formula is C13H16ClF3N2O2. The summed E-state index contributed by atoms with van der Waals surface area (Å²) in [6.45, 7) is 4.45. The Morgan fingerprint density at radius 2 is 1.95 bits per heavy atom. The van der Waals surface area contributed by atoms with Gasteiger partial charge in [-0.15, -0.1) is 12.4 Å². The number of phenolic OH excluding ortho intramolecular Hbond substituents is 1. The van der Waals surface area contributed by atoms with Crippen LogP contribution in [-0.2, 0) is 0 Å². The molecule has 1 saturated heterocycles. The van der Waals surface area contributed by atoms with Gasteiger partial charge in [-0.25, -0.2) is 8.78 Å². The molecule has 8 heteroatoms. The lowest BCUT2D eigenvalue weighted by Crippen LogP contribution is -2.56. The van der Waals surface area contributed by atoms with E-state index in [0.717, 1.165) is 0 Å². The Labute approximate surface area is 126 Å². The Hall–Kier alpha value is -1.47. The van der Waals surface area contributed by atoms with Gasteiger partial charge in [0.2, 0.25) is 5.82 Å². The smallest absolute Gasteiger partial charge is 0.257 e. The Bertz CT molecular complexity index is 557. The van der Waals surface area contributed by atoms with E-state index in [2.05, 4.69) is 5.32 Å². The number of aromatic hydroxyl groups is 1. The lowest BCUT2D eigenvalue weighted by atomic mass is 10.1. The van der Waals surface area contributed by atoms with Crippen LogP contribution in [0.5, 0.6) is 5.75 Å². The highest BCUT2D eigenvalue weighted by Crippen LogP contribution is 2.27. The fraction of sp³-hybridized carbons (Fsp3) is 0.462. The topological polar surface area (TPSA) is 52.6 Å². The zero-order valence-electron chi connectivity index (χ0n) is 11.5. The van der Waals surface area contributed by atoms with Gasteiger partial charge in [0.1, 0.15) is 0 Å². The van der Waals surface area contributed by atoms with Crippen LogP contribution in [0.4, 0.5) is 13.2 Å². The van der Waals surface area contributed by atoms with Crippen LogP contribution in [0.15, 0.2) is 6.07 Å². The minimum atomic E-state index is -1.69. The van der Waals surface area contributed by atoms with Crippen LogP contribution in [-0.4, -0.2) is 41.1 Å². The van der Waals surface area contributed by atoms with Crippen molar-refractivity contribution in [2.75, 3.05) is 13.1 Å². The molecule has 0 aromatic heterocycles. The predicted molar refractivity (Wildman–Crippen MR) is 73.2 cm³/mol.